The van der Waals surface area contributed by atoms with E-state index in [0.717, 1.165) is 22.5 Å². The van der Waals surface area contributed by atoms with Crippen LogP contribution in [-0.2, 0) is 23.1 Å². The molecule has 0 unspecified atom stereocenters. The van der Waals surface area contributed by atoms with Gasteiger partial charge < -0.3 is 4.74 Å². The third kappa shape index (κ3) is 2.49. The molecule has 0 N–H and O–H groups in total. The SMILES string of the molecule is COc1cc(C)c(S(=O)(=O)N2Cc3nccnc3C2)c(C)c1C. The van der Waals surface area contributed by atoms with Crippen molar-refractivity contribution in [1.82, 2.24) is 14.3 Å². The zero-order valence-electron chi connectivity index (χ0n) is 13.6. The Balaban J connectivity index is 2.07. The lowest BCUT2D eigenvalue weighted by Crippen LogP contribution is -2.27. The first-order valence-corrected chi connectivity index (χ1v) is 8.74. The molecule has 0 bridgehead atoms. The number of hydrogen-bond donors (Lipinski definition) is 0. The van der Waals surface area contributed by atoms with Gasteiger partial charge in [0.15, 0.2) is 0 Å². The molecular formula is C16H19N3O3S. The maximum atomic E-state index is 13.1. The molecule has 122 valence electrons. The van der Waals surface area contributed by atoms with Crippen molar-refractivity contribution in [3.05, 3.63) is 46.5 Å². The van der Waals surface area contributed by atoms with Gasteiger partial charge in [-0.15, -0.1) is 0 Å². The van der Waals surface area contributed by atoms with Gasteiger partial charge in [0.25, 0.3) is 0 Å². The van der Waals surface area contributed by atoms with Crippen LogP contribution < -0.4 is 4.74 Å². The number of nitrogens with zero attached hydrogens (tertiary/aromatic N) is 3. The van der Waals surface area contributed by atoms with Crippen LogP contribution in [0, 0.1) is 20.8 Å². The van der Waals surface area contributed by atoms with Gasteiger partial charge in [0, 0.05) is 12.4 Å². The highest BCUT2D eigenvalue weighted by Gasteiger charge is 2.34. The van der Waals surface area contributed by atoms with Crippen LogP contribution in [0.5, 0.6) is 5.75 Å². The molecule has 1 aliphatic heterocycles. The predicted octanol–water partition coefficient (Wildman–Crippen LogP) is 2.11. The van der Waals surface area contributed by atoms with E-state index in [1.54, 1.807) is 32.5 Å². The maximum Gasteiger partial charge on any atom is 0.244 e. The first-order chi connectivity index (χ1) is 10.9. The van der Waals surface area contributed by atoms with Gasteiger partial charge in [-0.1, -0.05) is 0 Å². The summed E-state index contributed by atoms with van der Waals surface area (Å²) in [5, 5.41) is 0. The molecule has 0 aliphatic carbocycles. The molecule has 1 aromatic heterocycles. The van der Waals surface area contributed by atoms with Crippen molar-refractivity contribution in [3.8, 4) is 5.75 Å². The van der Waals surface area contributed by atoms with Crippen molar-refractivity contribution in [2.75, 3.05) is 7.11 Å². The highest BCUT2D eigenvalue weighted by atomic mass is 32.2. The van der Waals surface area contributed by atoms with E-state index in [2.05, 4.69) is 9.97 Å². The van der Waals surface area contributed by atoms with Gasteiger partial charge in [-0.3, -0.25) is 9.97 Å². The monoisotopic (exact) mass is 333 g/mol. The van der Waals surface area contributed by atoms with Crippen LogP contribution in [0.3, 0.4) is 0 Å². The Bertz CT molecular complexity index is 853. The molecule has 7 heteroatoms. The van der Waals surface area contributed by atoms with E-state index in [1.807, 2.05) is 13.8 Å². The minimum absolute atomic E-state index is 0.259. The van der Waals surface area contributed by atoms with Crippen LogP contribution in [-0.4, -0.2) is 29.8 Å². The molecule has 2 heterocycles. The Labute approximate surface area is 136 Å². The number of hydrogen-bond acceptors (Lipinski definition) is 5. The van der Waals surface area contributed by atoms with Crippen molar-refractivity contribution in [1.29, 1.82) is 0 Å². The Hall–Kier alpha value is -1.99. The smallest absolute Gasteiger partial charge is 0.244 e. The van der Waals surface area contributed by atoms with E-state index >= 15 is 0 Å². The molecule has 23 heavy (non-hydrogen) atoms. The van der Waals surface area contributed by atoms with Crippen LogP contribution in [0.4, 0.5) is 0 Å². The summed E-state index contributed by atoms with van der Waals surface area (Å²) in [6, 6.07) is 1.77. The zero-order chi connectivity index (χ0) is 16.8. The molecule has 1 aliphatic rings. The molecule has 2 aromatic rings. The molecule has 0 saturated heterocycles. The quantitative estimate of drug-likeness (QED) is 0.860. The molecule has 0 fully saturated rings. The lowest BCUT2D eigenvalue weighted by Gasteiger charge is -2.21. The Kier molecular flexibility index (Phi) is 3.85. The van der Waals surface area contributed by atoms with Gasteiger partial charge in [0.05, 0.1) is 36.5 Å². The van der Waals surface area contributed by atoms with E-state index in [0.29, 0.717) is 16.2 Å². The first kappa shape index (κ1) is 15.9. The second-order valence-corrected chi connectivity index (χ2v) is 7.57. The normalized spacial score (nSPS) is 14.8. The van der Waals surface area contributed by atoms with E-state index in [9.17, 15) is 8.42 Å². The highest BCUT2D eigenvalue weighted by Crippen LogP contribution is 2.34. The summed E-state index contributed by atoms with van der Waals surface area (Å²) in [5.74, 6) is 0.701. The highest BCUT2D eigenvalue weighted by molar-refractivity contribution is 7.89. The Morgan fingerprint density at radius 2 is 1.61 bits per heavy atom. The molecule has 0 spiro atoms. The average Bonchev–Trinajstić information content (AvgIpc) is 2.95. The minimum Gasteiger partial charge on any atom is -0.496 e. The second kappa shape index (κ2) is 5.58. The molecule has 0 atom stereocenters. The van der Waals surface area contributed by atoms with Crippen LogP contribution in [0.2, 0.25) is 0 Å². The fraction of sp³-hybridized carbons (Fsp3) is 0.375. The maximum absolute atomic E-state index is 13.1. The molecule has 0 amide bonds. The van der Waals surface area contributed by atoms with Crippen molar-refractivity contribution >= 4 is 10.0 Å². The summed E-state index contributed by atoms with van der Waals surface area (Å²) in [7, 11) is -2.03. The van der Waals surface area contributed by atoms with Crippen LogP contribution >= 0.6 is 0 Å². The summed E-state index contributed by atoms with van der Waals surface area (Å²) < 4.78 is 33.0. The first-order valence-electron chi connectivity index (χ1n) is 7.30. The summed E-state index contributed by atoms with van der Waals surface area (Å²) in [6.45, 7) is 6.00. The van der Waals surface area contributed by atoms with Crippen LogP contribution in [0.15, 0.2) is 23.4 Å². The van der Waals surface area contributed by atoms with Gasteiger partial charge in [-0.25, -0.2) is 8.42 Å². The largest absolute Gasteiger partial charge is 0.496 e. The van der Waals surface area contributed by atoms with Crippen molar-refractivity contribution in [2.45, 2.75) is 38.8 Å². The number of sulfonamides is 1. The number of aromatic nitrogens is 2. The van der Waals surface area contributed by atoms with Gasteiger partial charge in [0.2, 0.25) is 10.0 Å². The van der Waals surface area contributed by atoms with Crippen LogP contribution in [0.1, 0.15) is 28.1 Å². The number of fused-ring (bicyclic) bond motifs is 1. The number of benzene rings is 1. The summed E-state index contributed by atoms with van der Waals surface area (Å²) in [4.78, 5) is 8.79. The molecule has 1 aromatic carbocycles. The topological polar surface area (TPSA) is 72.4 Å². The van der Waals surface area contributed by atoms with Crippen LogP contribution in [0.25, 0.3) is 0 Å². The minimum atomic E-state index is -3.62. The van der Waals surface area contributed by atoms with Gasteiger partial charge in [-0.2, -0.15) is 4.31 Å². The van der Waals surface area contributed by atoms with Gasteiger partial charge >= 0.3 is 0 Å². The molecule has 3 rings (SSSR count). The fourth-order valence-electron chi connectivity index (χ4n) is 2.98. The average molecular weight is 333 g/mol. The van der Waals surface area contributed by atoms with E-state index in [1.165, 1.54) is 4.31 Å². The standard InChI is InChI=1S/C16H19N3O3S/c1-10-7-15(22-4)11(2)12(3)16(10)23(20,21)19-8-13-14(9-19)18-6-5-17-13/h5-7H,8-9H2,1-4H3. The number of ether oxygens (including phenoxy) is 1. The molecule has 6 nitrogen and oxygen atoms in total. The predicted molar refractivity (Wildman–Crippen MR) is 85.7 cm³/mol. The third-order valence-electron chi connectivity index (χ3n) is 4.31. The molecule has 0 radical (unpaired) electrons. The lowest BCUT2D eigenvalue weighted by molar-refractivity contribution is 0.409. The van der Waals surface area contributed by atoms with Crippen molar-refractivity contribution < 1.29 is 13.2 Å². The fourth-order valence-corrected chi connectivity index (χ4v) is 4.83. The Morgan fingerprint density at radius 3 is 2.13 bits per heavy atom. The van der Waals surface area contributed by atoms with Gasteiger partial charge in [0.1, 0.15) is 5.75 Å². The number of aryl methyl sites for hydroxylation is 1. The van der Waals surface area contributed by atoms with E-state index < -0.39 is 10.0 Å². The van der Waals surface area contributed by atoms with E-state index in [4.69, 9.17) is 4.74 Å². The summed E-state index contributed by atoms with van der Waals surface area (Å²) in [6.07, 6.45) is 3.17. The number of methoxy groups -OCH3 is 1. The van der Waals surface area contributed by atoms with Gasteiger partial charge in [-0.05, 0) is 43.5 Å². The molecular weight excluding hydrogens is 314 g/mol. The lowest BCUT2D eigenvalue weighted by atomic mass is 10.1. The van der Waals surface area contributed by atoms with Crippen molar-refractivity contribution in [2.24, 2.45) is 0 Å². The molecule has 0 saturated carbocycles. The third-order valence-corrected chi connectivity index (χ3v) is 6.39. The number of rotatable bonds is 3. The summed E-state index contributed by atoms with van der Waals surface area (Å²) in [5.41, 5.74) is 3.68. The second-order valence-electron chi connectivity index (χ2n) is 5.70. The van der Waals surface area contributed by atoms with E-state index in [-0.39, 0.29) is 13.1 Å². The zero-order valence-corrected chi connectivity index (χ0v) is 14.4. The van der Waals surface area contributed by atoms with Crippen molar-refractivity contribution in [3.63, 3.8) is 0 Å². The Morgan fingerprint density at radius 1 is 1.04 bits per heavy atom. The summed E-state index contributed by atoms with van der Waals surface area (Å²) >= 11 is 0.